The molecule has 2 rings (SSSR count). The molecule has 0 N–H and O–H groups in total. The van der Waals surface area contributed by atoms with E-state index in [0.717, 1.165) is 24.1 Å². The van der Waals surface area contributed by atoms with Crippen molar-refractivity contribution in [2.45, 2.75) is 20.3 Å². The molecule has 1 aromatic carbocycles. The van der Waals surface area contributed by atoms with Gasteiger partial charge in [-0.05, 0) is 42.2 Å². The first-order valence-corrected chi connectivity index (χ1v) is 10.4. The summed E-state index contributed by atoms with van der Waals surface area (Å²) >= 11 is 0. The van der Waals surface area contributed by atoms with Crippen LogP contribution in [0.25, 0.3) is 6.08 Å². The number of hydrogen-bond donors (Lipinski definition) is 0. The van der Waals surface area contributed by atoms with Gasteiger partial charge in [0, 0.05) is 25.7 Å². The zero-order valence-electron chi connectivity index (χ0n) is 18.5. The lowest BCUT2D eigenvalue weighted by Gasteiger charge is -2.24. The fraction of sp³-hybridized carbons (Fsp3) is 0.172. The van der Waals surface area contributed by atoms with Crippen molar-refractivity contribution in [3.8, 4) is 0 Å². The monoisotopic (exact) mass is 395 g/mol. The van der Waals surface area contributed by atoms with Crippen LogP contribution in [-0.2, 0) is 0 Å². The van der Waals surface area contributed by atoms with Gasteiger partial charge >= 0.3 is 0 Å². The lowest BCUT2D eigenvalue weighted by molar-refractivity contribution is 0.448. The minimum absolute atomic E-state index is 0.867. The summed E-state index contributed by atoms with van der Waals surface area (Å²) in [6, 6.07) is 8.56. The Hall–Kier alpha value is -3.32. The minimum atomic E-state index is 0.867. The van der Waals surface area contributed by atoms with Crippen molar-refractivity contribution in [3.63, 3.8) is 0 Å². The summed E-state index contributed by atoms with van der Waals surface area (Å²) < 4.78 is 0. The van der Waals surface area contributed by atoms with Gasteiger partial charge in [-0.15, -0.1) is 0 Å². The van der Waals surface area contributed by atoms with Crippen LogP contribution in [0.4, 0.5) is 0 Å². The highest BCUT2D eigenvalue weighted by atomic mass is 15.1. The van der Waals surface area contributed by atoms with Crippen molar-refractivity contribution in [2.75, 3.05) is 13.6 Å². The Morgan fingerprint density at radius 2 is 1.90 bits per heavy atom. The molecule has 1 aliphatic rings. The third kappa shape index (κ3) is 7.60. The van der Waals surface area contributed by atoms with Gasteiger partial charge in [0.1, 0.15) is 0 Å². The van der Waals surface area contributed by atoms with Crippen molar-refractivity contribution >= 4 is 6.08 Å². The van der Waals surface area contributed by atoms with E-state index < -0.39 is 0 Å². The zero-order chi connectivity index (χ0) is 21.8. The maximum Gasteiger partial charge on any atom is 0.0362 e. The predicted octanol–water partition coefficient (Wildman–Crippen LogP) is 7.51. The van der Waals surface area contributed by atoms with Crippen LogP contribution in [0.1, 0.15) is 24.5 Å². The minimum Gasteiger partial charge on any atom is -0.374 e. The van der Waals surface area contributed by atoms with Crippen LogP contribution in [0, 0.1) is 6.92 Å². The van der Waals surface area contributed by atoms with E-state index in [1.54, 1.807) is 6.08 Å². The van der Waals surface area contributed by atoms with Gasteiger partial charge in [-0.1, -0.05) is 110 Å². The largest absolute Gasteiger partial charge is 0.374 e. The fourth-order valence-corrected chi connectivity index (χ4v) is 3.08. The Kier molecular flexibility index (Phi) is 9.40. The van der Waals surface area contributed by atoms with E-state index in [9.17, 15) is 0 Å². The number of nitrogens with zero attached hydrogens (tertiary/aromatic N) is 1. The molecule has 0 bridgehead atoms. The van der Waals surface area contributed by atoms with Crippen LogP contribution in [0.5, 0.6) is 0 Å². The molecule has 1 heteroatoms. The van der Waals surface area contributed by atoms with Gasteiger partial charge in [-0.25, -0.2) is 0 Å². The van der Waals surface area contributed by atoms with Crippen molar-refractivity contribution in [1.29, 1.82) is 0 Å². The molecule has 154 valence electrons. The Morgan fingerprint density at radius 3 is 2.60 bits per heavy atom. The van der Waals surface area contributed by atoms with Crippen LogP contribution in [0.3, 0.4) is 0 Å². The fourth-order valence-electron chi connectivity index (χ4n) is 3.08. The van der Waals surface area contributed by atoms with E-state index >= 15 is 0 Å². The molecular formula is C29H33N. The number of likely N-dealkylation sites (N-methyl/N-ethyl adjacent to an activating group) is 1. The van der Waals surface area contributed by atoms with E-state index in [-0.39, 0.29) is 0 Å². The predicted molar refractivity (Wildman–Crippen MR) is 134 cm³/mol. The van der Waals surface area contributed by atoms with Gasteiger partial charge in [-0.2, -0.15) is 0 Å². The highest BCUT2D eigenvalue weighted by Crippen LogP contribution is 2.20. The number of allylic oxidation sites excluding steroid dienone is 13. The Balaban J connectivity index is 2.10. The first-order chi connectivity index (χ1) is 14.5. The highest BCUT2D eigenvalue weighted by molar-refractivity contribution is 5.56. The molecule has 30 heavy (non-hydrogen) atoms. The van der Waals surface area contributed by atoms with E-state index in [2.05, 4.69) is 105 Å². The second-order valence-electron chi connectivity index (χ2n) is 7.30. The van der Waals surface area contributed by atoms with Gasteiger partial charge in [-0.3, -0.25) is 0 Å². The number of benzene rings is 1. The second-order valence-corrected chi connectivity index (χ2v) is 7.30. The molecule has 0 saturated carbocycles. The first-order valence-electron chi connectivity index (χ1n) is 10.4. The normalized spacial score (nSPS) is 15.8. The van der Waals surface area contributed by atoms with Gasteiger partial charge < -0.3 is 4.90 Å². The molecule has 0 amide bonds. The van der Waals surface area contributed by atoms with Gasteiger partial charge in [0.05, 0.1) is 0 Å². The third-order valence-electron chi connectivity index (χ3n) is 4.94. The Labute approximate surface area is 182 Å². The number of hydrogen-bond acceptors (Lipinski definition) is 1. The zero-order valence-corrected chi connectivity index (χ0v) is 18.5. The first kappa shape index (κ1) is 23.0. The molecule has 0 spiro atoms. The van der Waals surface area contributed by atoms with Gasteiger partial charge in [0.15, 0.2) is 0 Å². The van der Waals surface area contributed by atoms with E-state index in [1.165, 1.54) is 22.4 Å². The lowest BCUT2D eigenvalue weighted by Crippen LogP contribution is -2.20. The van der Waals surface area contributed by atoms with Gasteiger partial charge in [0.2, 0.25) is 0 Å². The summed E-state index contributed by atoms with van der Waals surface area (Å²) in [5, 5.41) is 0. The summed E-state index contributed by atoms with van der Waals surface area (Å²) in [4.78, 5) is 2.29. The summed E-state index contributed by atoms with van der Waals surface area (Å²) in [6.07, 6.45) is 25.9. The van der Waals surface area contributed by atoms with Crippen LogP contribution >= 0.6 is 0 Å². The molecule has 1 nitrogen and oxygen atoms in total. The van der Waals surface area contributed by atoms with Crippen molar-refractivity contribution < 1.29 is 0 Å². The van der Waals surface area contributed by atoms with E-state index in [4.69, 9.17) is 0 Å². The van der Waals surface area contributed by atoms with Crippen molar-refractivity contribution in [1.82, 2.24) is 4.90 Å². The van der Waals surface area contributed by atoms with Crippen LogP contribution in [0.2, 0.25) is 0 Å². The van der Waals surface area contributed by atoms with Crippen LogP contribution in [-0.4, -0.2) is 18.5 Å². The smallest absolute Gasteiger partial charge is 0.0362 e. The van der Waals surface area contributed by atoms with Crippen LogP contribution in [0.15, 0.2) is 127 Å². The molecule has 0 atom stereocenters. The average Bonchev–Trinajstić information content (AvgIpc) is 2.76. The second kappa shape index (κ2) is 12.3. The van der Waals surface area contributed by atoms with E-state index in [1.807, 2.05) is 25.2 Å². The molecule has 0 fully saturated rings. The summed E-state index contributed by atoms with van der Waals surface area (Å²) in [6.45, 7) is 12.8. The molecule has 0 aliphatic carbocycles. The van der Waals surface area contributed by atoms with E-state index in [0.29, 0.717) is 0 Å². The quantitative estimate of drug-likeness (QED) is 0.391. The molecule has 1 aromatic rings. The van der Waals surface area contributed by atoms with Crippen molar-refractivity contribution in [3.05, 3.63) is 138 Å². The maximum absolute atomic E-state index is 3.97. The summed E-state index contributed by atoms with van der Waals surface area (Å²) in [5.74, 6) is 0. The van der Waals surface area contributed by atoms with Gasteiger partial charge in [0.25, 0.3) is 0 Å². The summed E-state index contributed by atoms with van der Waals surface area (Å²) in [5.41, 5.74) is 7.31. The van der Waals surface area contributed by atoms with Crippen LogP contribution < -0.4 is 0 Å². The van der Waals surface area contributed by atoms with Crippen molar-refractivity contribution in [2.24, 2.45) is 0 Å². The molecule has 1 heterocycles. The Bertz CT molecular complexity index is 958. The molecule has 0 saturated heterocycles. The SMILES string of the molecule is C=C\C=C/C(/C=C/C(C=C)=C/CC1=CC(/C=C/c2cccc(C)c2)=CCN1C)=C\C. The maximum atomic E-state index is 3.97. The topological polar surface area (TPSA) is 3.24 Å². The lowest BCUT2D eigenvalue weighted by atomic mass is 10.0. The standard InChI is InChI=1S/C29H33N/c1-6-9-12-25(7-2)14-15-26(8-3)18-19-29-23-28(20-21-30(29)5)17-16-27-13-10-11-24(4)22-27/h6-18,20,22-23H,1,3,19,21H2,2,4-5H3/b12-9-,15-14+,17-16+,25-7+,26-18+. The molecule has 0 radical (unpaired) electrons. The highest BCUT2D eigenvalue weighted by Gasteiger charge is 2.08. The molecule has 1 aliphatic heterocycles. The number of aryl methyl sites for hydroxylation is 1. The number of rotatable bonds is 9. The molecular weight excluding hydrogens is 362 g/mol. The third-order valence-corrected chi connectivity index (χ3v) is 4.94. The Morgan fingerprint density at radius 1 is 1.10 bits per heavy atom. The summed E-state index contributed by atoms with van der Waals surface area (Å²) in [7, 11) is 2.14. The average molecular weight is 396 g/mol. The molecule has 0 aromatic heterocycles. The molecule has 0 unspecified atom stereocenters.